The molecule has 0 spiro atoms. The van der Waals surface area contributed by atoms with Gasteiger partial charge in [-0.15, -0.1) is 5.10 Å². The van der Waals surface area contributed by atoms with E-state index in [9.17, 15) is 14.9 Å². The lowest BCUT2D eigenvalue weighted by Crippen LogP contribution is -2.07. The summed E-state index contributed by atoms with van der Waals surface area (Å²) in [5.41, 5.74) is 1.67. The van der Waals surface area contributed by atoms with Gasteiger partial charge >= 0.3 is 5.97 Å². The molecular weight excluding hydrogens is 368 g/mol. The molecule has 27 heavy (non-hydrogen) atoms. The van der Waals surface area contributed by atoms with Crippen LogP contribution in [0.15, 0.2) is 52.3 Å². The molecule has 3 aromatic rings. The summed E-state index contributed by atoms with van der Waals surface area (Å²) in [7, 11) is 0. The number of H-pyrrole nitrogens is 1. The maximum Gasteiger partial charge on any atom is 0.361 e. The molecule has 9 heteroatoms. The zero-order valence-electron chi connectivity index (χ0n) is 14.6. The van der Waals surface area contributed by atoms with E-state index < -0.39 is 10.9 Å². The Morgan fingerprint density at radius 3 is 2.63 bits per heavy atom. The monoisotopic (exact) mass is 384 g/mol. The molecule has 0 radical (unpaired) electrons. The van der Waals surface area contributed by atoms with E-state index in [0.29, 0.717) is 10.5 Å². The summed E-state index contributed by atoms with van der Waals surface area (Å²) < 4.78 is 5.00. The molecule has 138 valence electrons. The van der Waals surface area contributed by atoms with Gasteiger partial charge in [0.15, 0.2) is 5.69 Å². The molecule has 2 aromatic carbocycles. The molecule has 0 bridgehead atoms. The van der Waals surface area contributed by atoms with Gasteiger partial charge in [-0.25, -0.2) is 4.79 Å². The fraction of sp³-hybridized carbons (Fsp3) is 0.167. The Morgan fingerprint density at radius 2 is 1.96 bits per heavy atom. The van der Waals surface area contributed by atoms with Gasteiger partial charge in [-0.1, -0.05) is 29.5 Å². The zero-order valence-corrected chi connectivity index (χ0v) is 15.4. The molecule has 0 aliphatic carbocycles. The number of rotatable bonds is 6. The Balaban J connectivity index is 2.08. The predicted octanol–water partition coefficient (Wildman–Crippen LogP) is 4.02. The molecule has 0 aliphatic heterocycles. The highest BCUT2D eigenvalue weighted by atomic mass is 32.2. The molecule has 1 heterocycles. The van der Waals surface area contributed by atoms with Crippen LogP contribution in [0.5, 0.6) is 0 Å². The summed E-state index contributed by atoms with van der Waals surface area (Å²) >= 11 is 1.42. The first kappa shape index (κ1) is 18.6. The van der Waals surface area contributed by atoms with Crippen molar-refractivity contribution in [2.75, 3.05) is 6.61 Å². The number of nitrogens with one attached hydrogen (secondary N) is 1. The first-order chi connectivity index (χ1) is 13.0. The number of aromatic nitrogens is 3. The molecule has 8 nitrogen and oxygen atoms in total. The Kier molecular flexibility index (Phi) is 5.51. The number of nitrogens with zero attached hydrogens (tertiary/aromatic N) is 3. The van der Waals surface area contributed by atoms with Gasteiger partial charge in [0, 0.05) is 27.5 Å². The van der Waals surface area contributed by atoms with E-state index in [1.54, 1.807) is 13.0 Å². The first-order valence-corrected chi connectivity index (χ1v) is 8.92. The number of esters is 1. The number of nitro benzene ring substituents is 1. The molecule has 0 fully saturated rings. The van der Waals surface area contributed by atoms with Crippen molar-refractivity contribution in [1.82, 2.24) is 15.4 Å². The zero-order chi connectivity index (χ0) is 19.4. The highest BCUT2D eigenvalue weighted by molar-refractivity contribution is 7.99. The van der Waals surface area contributed by atoms with E-state index in [-0.39, 0.29) is 23.7 Å². The summed E-state index contributed by atoms with van der Waals surface area (Å²) in [5.74, 6) is -0.640. The quantitative estimate of drug-likeness (QED) is 0.388. The van der Waals surface area contributed by atoms with Crippen LogP contribution in [-0.2, 0) is 4.74 Å². The molecule has 3 rings (SSSR count). The lowest BCUT2D eigenvalue weighted by Gasteiger charge is -2.09. The van der Waals surface area contributed by atoms with Crippen molar-refractivity contribution in [3.05, 3.63) is 63.8 Å². The van der Waals surface area contributed by atoms with E-state index >= 15 is 0 Å². The largest absolute Gasteiger partial charge is 0.461 e. The number of carbonyl (C=O) groups excluding carboxylic acids is 1. The second kappa shape index (κ2) is 8.00. The molecular formula is C18H16N4O4S. The average Bonchev–Trinajstić information content (AvgIpc) is 3.13. The van der Waals surface area contributed by atoms with Crippen LogP contribution < -0.4 is 0 Å². The third-order valence-corrected chi connectivity index (χ3v) is 4.78. The van der Waals surface area contributed by atoms with Gasteiger partial charge in [-0.05, 0) is 32.0 Å². The fourth-order valence-corrected chi connectivity index (χ4v) is 3.33. The number of hydrogen-bond donors (Lipinski definition) is 1. The van der Waals surface area contributed by atoms with Gasteiger partial charge in [0.2, 0.25) is 0 Å². The Bertz CT molecular complexity index is 985. The lowest BCUT2D eigenvalue weighted by atomic mass is 10.1. The number of carbonyl (C=O) groups is 1. The van der Waals surface area contributed by atoms with Crippen molar-refractivity contribution >= 4 is 23.4 Å². The Morgan fingerprint density at radius 1 is 1.22 bits per heavy atom. The summed E-state index contributed by atoms with van der Waals surface area (Å²) in [6, 6.07) is 12.3. The van der Waals surface area contributed by atoms with Gasteiger partial charge in [-0.3, -0.25) is 10.1 Å². The average molecular weight is 384 g/mol. The van der Waals surface area contributed by atoms with Crippen molar-refractivity contribution in [2.45, 2.75) is 23.6 Å². The van der Waals surface area contributed by atoms with E-state index in [4.69, 9.17) is 4.74 Å². The van der Waals surface area contributed by atoms with Crippen molar-refractivity contribution < 1.29 is 14.5 Å². The van der Waals surface area contributed by atoms with Crippen LogP contribution in [-0.4, -0.2) is 32.9 Å². The number of ether oxygens (including phenoxy) is 1. The molecule has 1 N–H and O–H groups in total. The molecule has 0 saturated carbocycles. The predicted molar refractivity (Wildman–Crippen MR) is 99.7 cm³/mol. The number of aromatic amines is 1. The van der Waals surface area contributed by atoms with Crippen molar-refractivity contribution in [1.29, 1.82) is 0 Å². The SMILES string of the molecule is CCOC(=O)c1n[nH]nc1-c1cc([N+](=O)[O-])ccc1Sc1ccc(C)cc1. The van der Waals surface area contributed by atoms with E-state index in [1.165, 1.54) is 23.9 Å². The minimum Gasteiger partial charge on any atom is -0.461 e. The standard InChI is InChI=1S/C18H16N4O4S/c1-3-26-18(23)17-16(19-21-20-17)14-10-12(22(24)25)6-9-15(14)27-13-7-4-11(2)5-8-13/h4-10H,3H2,1-2H3,(H,19,20,21). The van der Waals surface area contributed by atoms with Gasteiger partial charge in [0.1, 0.15) is 5.69 Å². The molecule has 0 saturated heterocycles. The summed E-state index contributed by atoms with van der Waals surface area (Å²) in [4.78, 5) is 24.5. The first-order valence-electron chi connectivity index (χ1n) is 8.10. The topological polar surface area (TPSA) is 111 Å². The fourth-order valence-electron chi connectivity index (χ4n) is 2.40. The summed E-state index contributed by atoms with van der Waals surface area (Å²) in [6.07, 6.45) is 0. The smallest absolute Gasteiger partial charge is 0.361 e. The van der Waals surface area contributed by atoms with Crippen LogP contribution in [0.1, 0.15) is 23.0 Å². The molecule has 0 atom stereocenters. The van der Waals surface area contributed by atoms with Gasteiger partial charge in [0.05, 0.1) is 11.5 Å². The third kappa shape index (κ3) is 4.14. The second-order valence-corrected chi connectivity index (χ2v) is 6.71. The van der Waals surface area contributed by atoms with Gasteiger partial charge in [-0.2, -0.15) is 10.3 Å². The van der Waals surface area contributed by atoms with Crippen LogP contribution in [0.3, 0.4) is 0 Å². The minimum atomic E-state index is -0.640. The van der Waals surface area contributed by atoms with E-state index in [1.807, 2.05) is 31.2 Å². The lowest BCUT2D eigenvalue weighted by molar-refractivity contribution is -0.384. The highest BCUT2D eigenvalue weighted by Gasteiger charge is 2.23. The number of nitro groups is 1. The molecule has 1 aromatic heterocycles. The van der Waals surface area contributed by atoms with Crippen LogP contribution in [0.2, 0.25) is 0 Å². The van der Waals surface area contributed by atoms with Crippen LogP contribution in [0.25, 0.3) is 11.3 Å². The van der Waals surface area contributed by atoms with Crippen molar-refractivity contribution in [3.8, 4) is 11.3 Å². The maximum absolute atomic E-state index is 12.1. The number of hydrogen-bond acceptors (Lipinski definition) is 7. The van der Waals surface area contributed by atoms with E-state index in [0.717, 1.165) is 10.5 Å². The maximum atomic E-state index is 12.1. The Hall–Kier alpha value is -3.20. The number of benzene rings is 2. The summed E-state index contributed by atoms with van der Waals surface area (Å²) in [5, 5.41) is 21.5. The molecule has 0 amide bonds. The van der Waals surface area contributed by atoms with Crippen molar-refractivity contribution in [2.24, 2.45) is 0 Å². The van der Waals surface area contributed by atoms with Gasteiger partial charge < -0.3 is 4.74 Å². The minimum absolute atomic E-state index is 0.0110. The summed E-state index contributed by atoms with van der Waals surface area (Å²) in [6.45, 7) is 3.86. The number of aryl methyl sites for hydroxylation is 1. The molecule has 0 aliphatic rings. The normalized spacial score (nSPS) is 10.6. The van der Waals surface area contributed by atoms with Crippen LogP contribution in [0, 0.1) is 17.0 Å². The van der Waals surface area contributed by atoms with Crippen LogP contribution in [0.4, 0.5) is 5.69 Å². The highest BCUT2D eigenvalue weighted by Crippen LogP contribution is 2.38. The Labute approximate surface area is 159 Å². The number of non-ortho nitro benzene ring substituents is 1. The van der Waals surface area contributed by atoms with Crippen LogP contribution >= 0.6 is 11.8 Å². The second-order valence-electron chi connectivity index (χ2n) is 5.59. The van der Waals surface area contributed by atoms with Gasteiger partial charge in [0.25, 0.3) is 5.69 Å². The third-order valence-electron chi connectivity index (χ3n) is 3.69. The van der Waals surface area contributed by atoms with E-state index in [2.05, 4.69) is 15.4 Å². The molecule has 0 unspecified atom stereocenters. The van der Waals surface area contributed by atoms with Crippen molar-refractivity contribution in [3.63, 3.8) is 0 Å².